The van der Waals surface area contributed by atoms with E-state index in [1.807, 2.05) is 30.0 Å². The summed E-state index contributed by atoms with van der Waals surface area (Å²) in [5, 5.41) is 0. The molecule has 0 spiro atoms. The molecule has 0 fully saturated rings. The summed E-state index contributed by atoms with van der Waals surface area (Å²) >= 11 is 4.90. The van der Waals surface area contributed by atoms with Crippen LogP contribution in [-0.4, -0.2) is 28.9 Å². The highest BCUT2D eigenvalue weighted by Gasteiger charge is 2.15. The van der Waals surface area contributed by atoms with Gasteiger partial charge in [-0.3, -0.25) is 4.79 Å². The van der Waals surface area contributed by atoms with Crippen molar-refractivity contribution in [3.8, 4) is 0 Å². The second kappa shape index (κ2) is 8.00. The van der Waals surface area contributed by atoms with Crippen LogP contribution in [0.2, 0.25) is 0 Å². The Hall–Kier alpha value is -1.42. The number of nitrogens with two attached hydrogens (primary N) is 1. The number of thiocarbonyl (C=S) groups is 1. The molecule has 0 saturated heterocycles. The number of carbonyl (C=O) groups excluding carboxylic acids is 1. The van der Waals surface area contributed by atoms with Gasteiger partial charge >= 0.3 is 0 Å². The van der Waals surface area contributed by atoms with E-state index in [0.29, 0.717) is 30.3 Å². The van der Waals surface area contributed by atoms with E-state index in [9.17, 15) is 4.79 Å². The van der Waals surface area contributed by atoms with Crippen LogP contribution in [0.25, 0.3) is 0 Å². The molecule has 0 saturated carbocycles. The molecule has 110 valence electrons. The zero-order valence-electron chi connectivity index (χ0n) is 12.6. The molecule has 1 amide bonds. The molecule has 0 atom stereocenters. The van der Waals surface area contributed by atoms with Crippen molar-refractivity contribution in [2.24, 2.45) is 11.7 Å². The molecule has 0 heterocycles. The van der Waals surface area contributed by atoms with E-state index >= 15 is 0 Å². The van der Waals surface area contributed by atoms with Crippen molar-refractivity contribution >= 4 is 23.1 Å². The van der Waals surface area contributed by atoms with Gasteiger partial charge in [0.1, 0.15) is 0 Å². The third kappa shape index (κ3) is 6.15. The average Bonchev–Trinajstić information content (AvgIpc) is 2.33. The Kier molecular flexibility index (Phi) is 6.65. The van der Waals surface area contributed by atoms with Gasteiger partial charge in [-0.15, -0.1) is 0 Å². The number of carbonyl (C=O) groups is 1. The van der Waals surface area contributed by atoms with Gasteiger partial charge in [-0.05, 0) is 18.4 Å². The number of nitrogens with zero attached hydrogens (tertiary/aromatic N) is 1. The fourth-order valence-corrected chi connectivity index (χ4v) is 2.20. The minimum atomic E-state index is 0.139. The van der Waals surface area contributed by atoms with Crippen LogP contribution in [0, 0.1) is 12.8 Å². The summed E-state index contributed by atoms with van der Waals surface area (Å²) < 4.78 is 0. The SMILES string of the molecule is Cc1cccc(CC(=O)N(CCC(N)=S)CC(C)C)c1. The second-order valence-electron chi connectivity index (χ2n) is 5.62. The molecular formula is C16H24N2OS. The largest absolute Gasteiger partial charge is 0.393 e. The Balaban J connectivity index is 2.69. The Morgan fingerprint density at radius 1 is 1.40 bits per heavy atom. The molecule has 4 heteroatoms. The Labute approximate surface area is 127 Å². The van der Waals surface area contributed by atoms with Crippen LogP contribution in [0.3, 0.4) is 0 Å². The highest BCUT2D eigenvalue weighted by Crippen LogP contribution is 2.09. The van der Waals surface area contributed by atoms with Crippen molar-refractivity contribution in [2.45, 2.75) is 33.6 Å². The van der Waals surface area contributed by atoms with E-state index in [1.165, 1.54) is 5.56 Å². The lowest BCUT2D eigenvalue weighted by Crippen LogP contribution is -2.37. The summed E-state index contributed by atoms with van der Waals surface area (Å²) in [5.41, 5.74) is 7.77. The number of hydrogen-bond acceptors (Lipinski definition) is 2. The Morgan fingerprint density at radius 3 is 2.65 bits per heavy atom. The lowest BCUT2D eigenvalue weighted by atomic mass is 10.1. The van der Waals surface area contributed by atoms with Gasteiger partial charge < -0.3 is 10.6 Å². The van der Waals surface area contributed by atoms with Gasteiger partial charge in [0.25, 0.3) is 0 Å². The van der Waals surface area contributed by atoms with Crippen LogP contribution in [0.1, 0.15) is 31.4 Å². The molecule has 2 N–H and O–H groups in total. The first-order chi connectivity index (χ1) is 9.38. The highest BCUT2D eigenvalue weighted by molar-refractivity contribution is 7.80. The molecule has 20 heavy (non-hydrogen) atoms. The number of rotatable bonds is 7. The zero-order chi connectivity index (χ0) is 15.1. The second-order valence-corrected chi connectivity index (χ2v) is 6.14. The number of hydrogen-bond donors (Lipinski definition) is 1. The summed E-state index contributed by atoms with van der Waals surface area (Å²) in [5.74, 6) is 0.573. The maximum Gasteiger partial charge on any atom is 0.227 e. The van der Waals surface area contributed by atoms with Gasteiger partial charge in [-0.2, -0.15) is 0 Å². The number of aryl methyl sites for hydroxylation is 1. The maximum absolute atomic E-state index is 12.4. The van der Waals surface area contributed by atoms with Crippen LogP contribution in [0.15, 0.2) is 24.3 Å². The van der Waals surface area contributed by atoms with Gasteiger partial charge in [0.2, 0.25) is 5.91 Å². The number of benzene rings is 1. The molecule has 0 radical (unpaired) electrons. The fraction of sp³-hybridized carbons (Fsp3) is 0.500. The standard InChI is InChI=1S/C16H24N2OS/c1-12(2)11-18(8-7-15(17)20)16(19)10-14-6-4-5-13(3)9-14/h4-6,9,12H,7-8,10-11H2,1-3H3,(H2,17,20). The molecule has 1 rings (SSSR count). The minimum Gasteiger partial charge on any atom is -0.393 e. The lowest BCUT2D eigenvalue weighted by molar-refractivity contribution is -0.130. The van der Waals surface area contributed by atoms with E-state index in [0.717, 1.165) is 12.1 Å². The van der Waals surface area contributed by atoms with Crippen LogP contribution in [-0.2, 0) is 11.2 Å². The molecule has 0 aromatic heterocycles. The summed E-state index contributed by atoms with van der Waals surface area (Å²) in [6, 6.07) is 8.07. The van der Waals surface area contributed by atoms with Gasteiger partial charge in [-0.25, -0.2) is 0 Å². The minimum absolute atomic E-state index is 0.139. The van der Waals surface area contributed by atoms with Crippen molar-refractivity contribution in [3.05, 3.63) is 35.4 Å². The lowest BCUT2D eigenvalue weighted by Gasteiger charge is -2.24. The third-order valence-electron chi connectivity index (χ3n) is 3.00. The van der Waals surface area contributed by atoms with E-state index < -0.39 is 0 Å². The van der Waals surface area contributed by atoms with E-state index in [1.54, 1.807) is 0 Å². The van der Waals surface area contributed by atoms with Crippen LogP contribution in [0.4, 0.5) is 0 Å². The van der Waals surface area contributed by atoms with Crippen molar-refractivity contribution in [3.63, 3.8) is 0 Å². The summed E-state index contributed by atoms with van der Waals surface area (Å²) in [6.07, 6.45) is 1.02. The first kappa shape index (κ1) is 16.6. The van der Waals surface area contributed by atoms with Crippen LogP contribution in [0.5, 0.6) is 0 Å². The Morgan fingerprint density at radius 2 is 2.10 bits per heavy atom. The van der Waals surface area contributed by atoms with Gasteiger partial charge in [-0.1, -0.05) is 55.9 Å². The smallest absolute Gasteiger partial charge is 0.227 e. The third-order valence-corrected chi connectivity index (χ3v) is 3.21. The van der Waals surface area contributed by atoms with E-state index in [4.69, 9.17) is 18.0 Å². The number of amides is 1. The zero-order valence-corrected chi connectivity index (χ0v) is 13.4. The molecular weight excluding hydrogens is 268 g/mol. The van der Waals surface area contributed by atoms with Gasteiger partial charge in [0, 0.05) is 19.5 Å². The molecule has 0 aliphatic heterocycles. The topological polar surface area (TPSA) is 46.3 Å². The quantitative estimate of drug-likeness (QED) is 0.786. The molecule has 1 aromatic rings. The predicted molar refractivity (Wildman–Crippen MR) is 87.7 cm³/mol. The molecule has 0 unspecified atom stereocenters. The van der Waals surface area contributed by atoms with E-state index in [-0.39, 0.29) is 5.91 Å². The van der Waals surface area contributed by atoms with Crippen molar-refractivity contribution in [1.82, 2.24) is 4.90 Å². The van der Waals surface area contributed by atoms with Gasteiger partial charge in [0.15, 0.2) is 0 Å². The Bertz CT molecular complexity index is 471. The first-order valence-corrected chi connectivity index (χ1v) is 7.41. The summed E-state index contributed by atoms with van der Waals surface area (Å²) in [6.45, 7) is 7.60. The molecule has 0 aliphatic rings. The molecule has 3 nitrogen and oxygen atoms in total. The van der Waals surface area contributed by atoms with Gasteiger partial charge in [0.05, 0.1) is 11.4 Å². The maximum atomic E-state index is 12.4. The average molecular weight is 292 g/mol. The molecule has 0 bridgehead atoms. The fourth-order valence-electron chi connectivity index (χ4n) is 2.11. The highest BCUT2D eigenvalue weighted by atomic mass is 32.1. The van der Waals surface area contributed by atoms with Crippen molar-refractivity contribution in [1.29, 1.82) is 0 Å². The van der Waals surface area contributed by atoms with Crippen molar-refractivity contribution < 1.29 is 4.79 Å². The van der Waals surface area contributed by atoms with Crippen molar-refractivity contribution in [2.75, 3.05) is 13.1 Å². The predicted octanol–water partition coefficient (Wildman–Crippen LogP) is 2.70. The van der Waals surface area contributed by atoms with Crippen LogP contribution < -0.4 is 5.73 Å². The van der Waals surface area contributed by atoms with E-state index in [2.05, 4.69) is 19.9 Å². The summed E-state index contributed by atoms with van der Waals surface area (Å²) in [4.78, 5) is 14.7. The molecule has 1 aromatic carbocycles. The first-order valence-electron chi connectivity index (χ1n) is 7.00. The monoisotopic (exact) mass is 292 g/mol. The van der Waals surface area contributed by atoms with Crippen LogP contribution >= 0.6 is 12.2 Å². The normalized spacial score (nSPS) is 10.6. The molecule has 0 aliphatic carbocycles. The summed E-state index contributed by atoms with van der Waals surface area (Å²) in [7, 11) is 0.